The van der Waals surface area contributed by atoms with Crippen molar-refractivity contribution >= 4 is 23.1 Å². The van der Waals surface area contributed by atoms with Gasteiger partial charge >= 0.3 is 0 Å². The molecule has 0 unspecified atom stereocenters. The molecule has 2 aromatic carbocycles. The molecule has 6 nitrogen and oxygen atoms in total. The number of aromatic nitrogens is 2. The molecular formula is C20H20N4O2. The largest absolute Gasteiger partial charge is 0.497 e. The van der Waals surface area contributed by atoms with Crippen LogP contribution < -0.4 is 15.4 Å². The molecule has 1 heterocycles. The molecule has 3 aromatic rings. The lowest BCUT2D eigenvalue weighted by atomic mass is 10.1. The van der Waals surface area contributed by atoms with Crippen LogP contribution in [0.5, 0.6) is 5.75 Å². The molecule has 0 aliphatic rings. The van der Waals surface area contributed by atoms with Gasteiger partial charge in [-0.3, -0.25) is 4.79 Å². The number of ether oxygens (including phenoxy) is 1. The highest BCUT2D eigenvalue weighted by atomic mass is 16.5. The normalized spacial score (nSPS) is 10.3. The monoisotopic (exact) mass is 348 g/mol. The Hall–Kier alpha value is -3.41. The molecule has 3 rings (SSSR count). The number of rotatable bonds is 5. The molecule has 0 spiro atoms. The summed E-state index contributed by atoms with van der Waals surface area (Å²) in [5.74, 6) is 0.991. The van der Waals surface area contributed by atoms with E-state index in [0.29, 0.717) is 11.5 Å². The van der Waals surface area contributed by atoms with Gasteiger partial charge in [0.25, 0.3) is 5.91 Å². The maximum Gasteiger partial charge on any atom is 0.276 e. The number of amides is 1. The van der Waals surface area contributed by atoms with E-state index in [9.17, 15) is 4.79 Å². The average molecular weight is 348 g/mol. The SMILES string of the molecule is COc1ccc(NC(=O)c2ccc(Nc3cccc(C)c3C)nn2)cc1. The second-order valence-electron chi connectivity index (χ2n) is 5.86. The summed E-state index contributed by atoms with van der Waals surface area (Å²) in [5.41, 5.74) is 4.21. The molecule has 0 aliphatic carbocycles. The van der Waals surface area contributed by atoms with Crippen molar-refractivity contribution < 1.29 is 9.53 Å². The summed E-state index contributed by atoms with van der Waals surface area (Å²) in [6.07, 6.45) is 0. The molecular weight excluding hydrogens is 328 g/mol. The lowest BCUT2D eigenvalue weighted by molar-refractivity contribution is 0.102. The highest BCUT2D eigenvalue weighted by Gasteiger charge is 2.09. The summed E-state index contributed by atoms with van der Waals surface area (Å²) in [6.45, 7) is 4.10. The molecule has 2 N–H and O–H groups in total. The van der Waals surface area contributed by atoms with Gasteiger partial charge in [-0.2, -0.15) is 0 Å². The van der Waals surface area contributed by atoms with Crippen LogP contribution in [0.4, 0.5) is 17.2 Å². The van der Waals surface area contributed by atoms with E-state index in [0.717, 1.165) is 17.0 Å². The number of methoxy groups -OCH3 is 1. The van der Waals surface area contributed by atoms with Gasteiger partial charge in [0.05, 0.1) is 7.11 Å². The fourth-order valence-electron chi connectivity index (χ4n) is 2.41. The van der Waals surface area contributed by atoms with E-state index < -0.39 is 0 Å². The Balaban J connectivity index is 1.68. The Morgan fingerprint density at radius 1 is 0.962 bits per heavy atom. The van der Waals surface area contributed by atoms with Gasteiger partial charge in [0.1, 0.15) is 5.75 Å². The van der Waals surface area contributed by atoms with Crippen molar-refractivity contribution in [1.82, 2.24) is 10.2 Å². The Morgan fingerprint density at radius 2 is 1.73 bits per heavy atom. The molecule has 1 amide bonds. The van der Waals surface area contributed by atoms with Crippen molar-refractivity contribution in [1.29, 1.82) is 0 Å². The number of carbonyl (C=O) groups is 1. The van der Waals surface area contributed by atoms with E-state index in [1.165, 1.54) is 5.56 Å². The first-order valence-corrected chi connectivity index (χ1v) is 8.19. The van der Waals surface area contributed by atoms with Crippen LogP contribution in [0.2, 0.25) is 0 Å². The van der Waals surface area contributed by atoms with Gasteiger partial charge in [-0.1, -0.05) is 12.1 Å². The minimum atomic E-state index is -0.319. The molecule has 0 saturated heterocycles. The van der Waals surface area contributed by atoms with Crippen molar-refractivity contribution in [3.8, 4) is 5.75 Å². The van der Waals surface area contributed by atoms with Crippen LogP contribution >= 0.6 is 0 Å². The smallest absolute Gasteiger partial charge is 0.276 e. The predicted molar refractivity (Wildman–Crippen MR) is 102 cm³/mol. The first-order valence-electron chi connectivity index (χ1n) is 8.19. The number of anilines is 3. The van der Waals surface area contributed by atoms with Crippen LogP contribution in [-0.4, -0.2) is 23.2 Å². The third kappa shape index (κ3) is 3.97. The number of hydrogen-bond acceptors (Lipinski definition) is 5. The zero-order chi connectivity index (χ0) is 18.5. The van der Waals surface area contributed by atoms with Gasteiger partial charge in [-0.25, -0.2) is 0 Å². The van der Waals surface area contributed by atoms with Crippen LogP contribution in [0.15, 0.2) is 54.6 Å². The van der Waals surface area contributed by atoms with E-state index in [4.69, 9.17) is 4.74 Å². The summed E-state index contributed by atoms with van der Waals surface area (Å²) in [7, 11) is 1.59. The number of hydrogen-bond donors (Lipinski definition) is 2. The Morgan fingerprint density at radius 3 is 2.38 bits per heavy atom. The van der Waals surface area contributed by atoms with Crippen LogP contribution in [0, 0.1) is 13.8 Å². The van der Waals surface area contributed by atoms with E-state index in [1.807, 2.05) is 19.1 Å². The number of aryl methyl sites for hydroxylation is 1. The molecule has 0 aliphatic heterocycles. The summed E-state index contributed by atoms with van der Waals surface area (Å²) < 4.78 is 5.09. The zero-order valence-electron chi connectivity index (χ0n) is 14.9. The minimum absolute atomic E-state index is 0.243. The molecule has 132 valence electrons. The van der Waals surface area contributed by atoms with Crippen LogP contribution in [0.25, 0.3) is 0 Å². The van der Waals surface area contributed by atoms with Gasteiger partial charge < -0.3 is 15.4 Å². The summed E-state index contributed by atoms with van der Waals surface area (Å²) in [6, 6.07) is 16.5. The molecule has 6 heteroatoms. The maximum absolute atomic E-state index is 12.3. The summed E-state index contributed by atoms with van der Waals surface area (Å²) in [5, 5.41) is 14.1. The van der Waals surface area contributed by atoms with Crippen molar-refractivity contribution in [2.45, 2.75) is 13.8 Å². The Bertz CT molecular complexity index is 906. The molecule has 0 saturated carbocycles. The third-order valence-electron chi connectivity index (χ3n) is 4.11. The topological polar surface area (TPSA) is 76.1 Å². The standard InChI is InChI=1S/C20H20N4O2/c1-13-5-4-6-17(14(13)2)22-19-12-11-18(23-24-19)20(25)21-15-7-9-16(26-3)10-8-15/h4-12H,1-3H3,(H,21,25)(H,22,24). The van der Waals surface area contributed by atoms with Crippen LogP contribution in [-0.2, 0) is 0 Å². The lowest BCUT2D eigenvalue weighted by Crippen LogP contribution is -2.14. The highest BCUT2D eigenvalue weighted by molar-refractivity contribution is 6.02. The van der Waals surface area contributed by atoms with E-state index in [2.05, 4.69) is 33.8 Å². The Kier molecular flexibility index (Phi) is 5.12. The first-order chi connectivity index (χ1) is 12.6. The molecule has 0 atom stereocenters. The van der Waals surface area contributed by atoms with Crippen molar-refractivity contribution in [3.05, 3.63) is 71.4 Å². The Labute approximate surface area is 152 Å². The number of nitrogens with zero attached hydrogens (tertiary/aromatic N) is 2. The van der Waals surface area contributed by atoms with Gasteiger partial charge in [0.15, 0.2) is 11.5 Å². The lowest BCUT2D eigenvalue weighted by Gasteiger charge is -2.10. The van der Waals surface area contributed by atoms with Gasteiger partial charge in [0.2, 0.25) is 0 Å². The van der Waals surface area contributed by atoms with Crippen molar-refractivity contribution in [3.63, 3.8) is 0 Å². The minimum Gasteiger partial charge on any atom is -0.497 e. The van der Waals surface area contributed by atoms with Crippen molar-refractivity contribution in [2.24, 2.45) is 0 Å². The van der Waals surface area contributed by atoms with Crippen molar-refractivity contribution in [2.75, 3.05) is 17.7 Å². The number of carbonyl (C=O) groups excluding carboxylic acids is 1. The number of nitrogens with one attached hydrogen (secondary N) is 2. The maximum atomic E-state index is 12.3. The zero-order valence-corrected chi connectivity index (χ0v) is 14.9. The fraction of sp³-hybridized carbons (Fsp3) is 0.150. The molecule has 26 heavy (non-hydrogen) atoms. The van der Waals surface area contributed by atoms with E-state index >= 15 is 0 Å². The van der Waals surface area contributed by atoms with Crippen LogP contribution in [0.3, 0.4) is 0 Å². The quantitative estimate of drug-likeness (QED) is 0.726. The molecule has 0 radical (unpaired) electrons. The number of benzene rings is 2. The predicted octanol–water partition coefficient (Wildman–Crippen LogP) is 4.10. The fourth-order valence-corrected chi connectivity index (χ4v) is 2.41. The summed E-state index contributed by atoms with van der Waals surface area (Å²) >= 11 is 0. The third-order valence-corrected chi connectivity index (χ3v) is 4.11. The van der Waals surface area contributed by atoms with Gasteiger partial charge in [0, 0.05) is 11.4 Å². The second kappa shape index (κ2) is 7.65. The van der Waals surface area contributed by atoms with Gasteiger partial charge in [-0.15, -0.1) is 10.2 Å². The highest BCUT2D eigenvalue weighted by Crippen LogP contribution is 2.21. The van der Waals surface area contributed by atoms with Gasteiger partial charge in [-0.05, 0) is 67.4 Å². The van der Waals surface area contributed by atoms with Crippen LogP contribution in [0.1, 0.15) is 21.6 Å². The molecule has 1 aromatic heterocycles. The summed E-state index contributed by atoms with van der Waals surface area (Å²) in [4.78, 5) is 12.3. The second-order valence-corrected chi connectivity index (χ2v) is 5.86. The van der Waals surface area contributed by atoms with E-state index in [1.54, 1.807) is 43.5 Å². The van der Waals surface area contributed by atoms with E-state index in [-0.39, 0.29) is 11.6 Å². The molecule has 0 bridgehead atoms. The average Bonchev–Trinajstić information content (AvgIpc) is 2.66. The first kappa shape index (κ1) is 17.4. The molecule has 0 fully saturated rings.